The number of aromatic amines is 2. The summed E-state index contributed by atoms with van der Waals surface area (Å²) in [7, 11) is 2.20. The van der Waals surface area contributed by atoms with Crippen LogP contribution in [0.5, 0.6) is 0 Å². The number of nitrogens with one attached hydrogen (secondary N) is 10. The van der Waals surface area contributed by atoms with Crippen LogP contribution in [0.1, 0.15) is 89.5 Å². The van der Waals surface area contributed by atoms with Crippen molar-refractivity contribution in [3.8, 4) is 0 Å². The van der Waals surface area contributed by atoms with Crippen LogP contribution in [0.3, 0.4) is 0 Å². The van der Waals surface area contributed by atoms with Gasteiger partial charge in [0.1, 0.15) is 42.3 Å². The standard InChI is InChI=1S/C52H73N15O9S2/c1-5-6-17-36(61-30(2)68)46(72)66-41-28-77-78-52(3,4)43(44(53)70)67-42(69)20-13-21-57-45(71)39(24-32-26-59-35-18-11-10-16-34(32)35)64-47(73)37(19-12-22-58-51(54)55)62-48(74)38(23-31-14-8-7-9-15-31)63-49(75)40(65-50(41)76)25-33-27-56-29-60-33/h7-11,14-16,18,26-27,29,36-41,43,59H,5-6,12-13,17,19-25,28H2,1-4H3,(H2,53,70)(H,56,60)(H,57,71)(H,61,68)(H,62,74)(H,63,75)(H,64,73)(H,65,76)(H,66,72)(H,67,69)(H4,54,55,58)/t36-,37-,38+,39-,40-,41-,43+/m0/s1. The summed E-state index contributed by atoms with van der Waals surface area (Å²) < 4.78 is -1.12. The van der Waals surface area contributed by atoms with E-state index >= 15 is 0 Å². The van der Waals surface area contributed by atoms with Crippen LogP contribution in [0.25, 0.3) is 10.9 Å². The van der Waals surface area contributed by atoms with Crippen molar-refractivity contribution in [2.75, 3.05) is 18.8 Å². The molecule has 1 fully saturated rings. The fraction of sp³-hybridized carbons (Fsp3) is 0.481. The molecule has 1 saturated heterocycles. The van der Waals surface area contributed by atoms with Crippen molar-refractivity contribution in [3.05, 3.63) is 90.1 Å². The number of rotatable bonds is 17. The van der Waals surface area contributed by atoms with E-state index in [9.17, 15) is 43.2 Å². The van der Waals surface area contributed by atoms with Gasteiger partial charge < -0.3 is 69.7 Å². The van der Waals surface area contributed by atoms with Crippen molar-refractivity contribution in [1.82, 2.24) is 57.5 Å². The highest BCUT2D eigenvalue weighted by atomic mass is 33.1. The molecule has 2 aromatic heterocycles. The zero-order chi connectivity index (χ0) is 56.8. The molecule has 0 saturated carbocycles. The van der Waals surface area contributed by atoms with Gasteiger partial charge in [0.25, 0.3) is 0 Å². The van der Waals surface area contributed by atoms with E-state index in [4.69, 9.17) is 17.2 Å². The lowest BCUT2D eigenvalue weighted by molar-refractivity contribution is -0.135. The Morgan fingerprint density at radius 2 is 1.45 bits per heavy atom. The molecule has 9 amide bonds. The quantitative estimate of drug-likeness (QED) is 0.0290. The molecular weight excluding hydrogens is 1040 g/mol. The van der Waals surface area contributed by atoms with Gasteiger partial charge in [-0.1, -0.05) is 89.9 Å². The predicted octanol–water partition coefficient (Wildman–Crippen LogP) is 0.131. The van der Waals surface area contributed by atoms with Crippen molar-refractivity contribution in [2.24, 2.45) is 22.2 Å². The minimum absolute atomic E-state index is 0.0111. The number of hydrogen-bond donors (Lipinski definition) is 13. The first kappa shape index (κ1) is 61.2. The molecule has 3 heterocycles. The molecule has 26 heteroatoms. The van der Waals surface area contributed by atoms with E-state index in [1.54, 1.807) is 50.4 Å². The third-order valence-corrected chi connectivity index (χ3v) is 16.0. The lowest BCUT2D eigenvalue weighted by Gasteiger charge is -2.32. The topological polar surface area (TPSA) is 385 Å². The van der Waals surface area contributed by atoms with Gasteiger partial charge in [0.05, 0.1) is 6.33 Å². The number of imidazole rings is 1. The fourth-order valence-corrected chi connectivity index (χ4v) is 11.4. The maximum absolute atomic E-state index is 14.8. The summed E-state index contributed by atoms with van der Waals surface area (Å²) in [5.41, 5.74) is 19.6. The molecule has 0 spiro atoms. The minimum atomic E-state index is -1.42. The number of fused-ring (bicyclic) bond motifs is 1. The number of unbranched alkanes of at least 4 members (excludes halogenated alkanes) is 1. The number of benzene rings is 2. The molecule has 5 rings (SSSR count). The van der Waals surface area contributed by atoms with Crippen LogP contribution >= 0.6 is 21.6 Å². The highest BCUT2D eigenvalue weighted by Crippen LogP contribution is 2.38. The average Bonchev–Trinajstić information content (AvgIpc) is 4.07. The Hall–Kier alpha value is -7.61. The molecule has 0 radical (unpaired) electrons. The second-order valence-electron chi connectivity index (χ2n) is 19.5. The molecule has 1 aliphatic rings. The average molecular weight is 1120 g/mol. The Bertz CT molecular complexity index is 2720. The van der Waals surface area contributed by atoms with E-state index in [0.29, 0.717) is 29.7 Å². The van der Waals surface area contributed by atoms with E-state index in [1.165, 1.54) is 19.4 Å². The predicted molar refractivity (Wildman–Crippen MR) is 299 cm³/mol. The first-order valence-corrected chi connectivity index (χ1v) is 28.1. The number of aromatic nitrogens is 3. The third-order valence-electron chi connectivity index (χ3n) is 12.7. The first-order chi connectivity index (χ1) is 37.2. The van der Waals surface area contributed by atoms with Gasteiger partial charge >= 0.3 is 0 Å². The number of nitrogens with zero attached hydrogens (tertiary/aromatic N) is 2. The maximum atomic E-state index is 14.8. The van der Waals surface area contributed by atoms with E-state index in [0.717, 1.165) is 32.5 Å². The van der Waals surface area contributed by atoms with Crippen molar-refractivity contribution in [2.45, 2.75) is 139 Å². The zero-order valence-corrected chi connectivity index (χ0v) is 45.9. The SMILES string of the molecule is CCCC[C@H](NC(C)=O)C(=O)N[C@H]1CSSC(C)(C)[C@@H](C(N)=O)NC(=O)CCCNC(=O)[C@H](Cc2c[nH]c3ccccc23)NC(=O)[C@H](CCCN=C(N)N)NC(=O)[C@@H](Cc2ccccc2)NC(=O)[C@H](Cc2cnc[nH]2)NC1=O. The van der Waals surface area contributed by atoms with Gasteiger partial charge in [-0.25, -0.2) is 4.98 Å². The first-order valence-electron chi connectivity index (χ1n) is 25.8. The van der Waals surface area contributed by atoms with Gasteiger partial charge in [-0.15, -0.1) is 0 Å². The molecular formula is C52H73N15O9S2. The van der Waals surface area contributed by atoms with Gasteiger partial charge in [0.15, 0.2) is 5.96 Å². The summed E-state index contributed by atoms with van der Waals surface area (Å²) in [4.78, 5) is 140. The summed E-state index contributed by atoms with van der Waals surface area (Å²) in [6.45, 7) is 6.59. The number of carbonyl (C=O) groups excluding carboxylic acids is 9. The highest BCUT2D eigenvalue weighted by molar-refractivity contribution is 8.77. The zero-order valence-electron chi connectivity index (χ0n) is 44.3. The molecule has 16 N–H and O–H groups in total. The molecule has 7 atom stereocenters. The summed E-state index contributed by atoms with van der Waals surface area (Å²) >= 11 is 0. The Morgan fingerprint density at radius 1 is 0.795 bits per heavy atom. The molecule has 422 valence electrons. The van der Waals surface area contributed by atoms with Crippen LogP contribution in [0.15, 0.2) is 78.3 Å². The highest BCUT2D eigenvalue weighted by Gasteiger charge is 2.38. The molecule has 0 unspecified atom stereocenters. The van der Waals surface area contributed by atoms with Gasteiger partial charge in [0.2, 0.25) is 53.2 Å². The Kier molecular flexibility index (Phi) is 23.8. The van der Waals surface area contributed by atoms with Crippen molar-refractivity contribution < 1.29 is 43.2 Å². The molecule has 0 aliphatic carbocycles. The van der Waals surface area contributed by atoms with Crippen LogP contribution in [0, 0.1) is 0 Å². The van der Waals surface area contributed by atoms with E-state index in [1.807, 2.05) is 31.2 Å². The van der Waals surface area contributed by atoms with E-state index < -0.39 is 100 Å². The van der Waals surface area contributed by atoms with Gasteiger partial charge in [-0.2, -0.15) is 0 Å². The van der Waals surface area contributed by atoms with Crippen LogP contribution in [0.4, 0.5) is 0 Å². The largest absolute Gasteiger partial charge is 0.370 e. The number of para-hydroxylation sites is 1. The summed E-state index contributed by atoms with van der Waals surface area (Å²) in [5.74, 6) is -6.63. The number of primary amides is 1. The molecule has 4 aromatic rings. The summed E-state index contributed by atoms with van der Waals surface area (Å²) in [6, 6.07) is 7.28. The van der Waals surface area contributed by atoms with Gasteiger partial charge in [-0.3, -0.25) is 48.1 Å². The summed E-state index contributed by atoms with van der Waals surface area (Å²) in [6.07, 6.45) is 6.01. The molecule has 1 aliphatic heterocycles. The lowest BCUT2D eigenvalue weighted by Crippen LogP contribution is -2.60. The number of H-pyrrole nitrogens is 2. The van der Waals surface area contributed by atoms with Crippen molar-refractivity contribution >= 4 is 91.6 Å². The summed E-state index contributed by atoms with van der Waals surface area (Å²) in [5, 5.41) is 23.0. The van der Waals surface area contributed by atoms with Crippen molar-refractivity contribution in [3.63, 3.8) is 0 Å². The second kappa shape index (κ2) is 30.4. The number of nitrogens with two attached hydrogens (primary N) is 3. The molecule has 0 bridgehead atoms. The molecule has 24 nitrogen and oxygen atoms in total. The molecule has 78 heavy (non-hydrogen) atoms. The number of guanidine groups is 1. The maximum Gasteiger partial charge on any atom is 0.244 e. The smallest absolute Gasteiger partial charge is 0.244 e. The molecule has 2 aromatic carbocycles. The van der Waals surface area contributed by atoms with Crippen molar-refractivity contribution in [1.29, 1.82) is 0 Å². The van der Waals surface area contributed by atoms with Gasteiger partial charge in [0, 0.05) is 85.2 Å². The normalized spacial score (nSPS) is 21.8. The lowest BCUT2D eigenvalue weighted by atomic mass is 10.0. The number of amides is 9. The third kappa shape index (κ3) is 19.4. The minimum Gasteiger partial charge on any atom is -0.370 e. The van der Waals surface area contributed by atoms with Crippen LogP contribution in [-0.4, -0.2) is 140 Å². The monoisotopic (exact) mass is 1120 g/mol. The number of aliphatic imine (C=N–C) groups is 1. The van der Waals surface area contributed by atoms with E-state index in [-0.39, 0.29) is 76.2 Å². The van der Waals surface area contributed by atoms with Crippen LogP contribution < -0.4 is 59.7 Å². The Balaban J connectivity index is 1.56. The van der Waals surface area contributed by atoms with Crippen LogP contribution in [0.2, 0.25) is 0 Å². The van der Waals surface area contributed by atoms with Crippen LogP contribution in [-0.2, 0) is 62.4 Å². The van der Waals surface area contributed by atoms with E-state index in [2.05, 4.69) is 62.5 Å². The van der Waals surface area contributed by atoms with Gasteiger partial charge in [-0.05, 0) is 56.7 Å². The number of carbonyl (C=O) groups is 9. The fourth-order valence-electron chi connectivity index (χ4n) is 8.56. The Morgan fingerprint density at radius 3 is 2.12 bits per heavy atom. The second-order valence-corrected chi connectivity index (χ2v) is 22.4. The number of hydrogen-bond acceptors (Lipinski definition) is 13. The Labute approximate surface area is 460 Å².